The lowest BCUT2D eigenvalue weighted by Gasteiger charge is -2.36. The first-order chi connectivity index (χ1) is 10.8. The highest BCUT2D eigenvalue weighted by Crippen LogP contribution is 2.53. The van der Waals surface area contributed by atoms with Crippen molar-refractivity contribution in [2.45, 2.75) is 51.7 Å². The molecule has 0 aromatic carbocycles. The minimum Gasteiger partial charge on any atom is -0.384 e. The van der Waals surface area contributed by atoms with Gasteiger partial charge in [-0.2, -0.15) is 0 Å². The number of nitrogens with zero attached hydrogens (tertiary/aromatic N) is 1. The van der Waals surface area contributed by atoms with Gasteiger partial charge in [-0.1, -0.05) is 30.4 Å². The Morgan fingerprint density at radius 1 is 1.13 bits per heavy atom. The van der Waals surface area contributed by atoms with Gasteiger partial charge in [-0.3, -0.25) is 4.79 Å². The van der Waals surface area contributed by atoms with E-state index in [4.69, 9.17) is 9.31 Å². The minimum atomic E-state index is -0.462. The Kier molecular flexibility index (Phi) is 2.92. The predicted octanol–water partition coefficient (Wildman–Crippen LogP) is 3.13. The number of rotatable bonds is 1. The molecule has 1 saturated heterocycles. The number of hydrogen-bond donors (Lipinski definition) is 0. The van der Waals surface area contributed by atoms with E-state index in [0.717, 1.165) is 11.3 Å². The molecule has 0 radical (unpaired) electrons. The molecule has 0 amide bonds. The zero-order valence-electron chi connectivity index (χ0n) is 14.1. The van der Waals surface area contributed by atoms with Gasteiger partial charge in [0.15, 0.2) is 0 Å². The van der Waals surface area contributed by atoms with Crippen LogP contribution in [0.3, 0.4) is 0 Å². The molecule has 2 heterocycles. The maximum Gasteiger partial charge on any atom is 0.598 e. The van der Waals surface area contributed by atoms with Gasteiger partial charge in [0, 0.05) is 18.5 Å². The second kappa shape index (κ2) is 4.49. The van der Waals surface area contributed by atoms with Gasteiger partial charge in [-0.15, -0.1) is 0 Å². The van der Waals surface area contributed by atoms with Crippen LogP contribution in [0.15, 0.2) is 47.9 Å². The molecule has 23 heavy (non-hydrogen) atoms. The van der Waals surface area contributed by atoms with Crippen molar-refractivity contribution in [3.63, 3.8) is 0 Å². The third-order valence-corrected chi connectivity index (χ3v) is 5.76. The minimum absolute atomic E-state index is 0.273. The quantitative estimate of drug-likeness (QED) is 0.697. The Balaban J connectivity index is 1.75. The molecule has 1 spiro atoms. The van der Waals surface area contributed by atoms with Crippen molar-refractivity contribution in [2.24, 2.45) is 5.41 Å². The molecule has 5 heteroatoms. The second-order valence-corrected chi connectivity index (χ2v) is 7.75. The number of hydrogen-bond acceptors (Lipinski definition) is 4. The monoisotopic (exact) mass is 311 g/mol. The highest BCUT2D eigenvalue weighted by molar-refractivity contribution is 6.43. The van der Waals surface area contributed by atoms with Gasteiger partial charge in [0.05, 0.1) is 16.6 Å². The summed E-state index contributed by atoms with van der Waals surface area (Å²) in [6, 6.07) is 0. The van der Waals surface area contributed by atoms with E-state index in [-0.39, 0.29) is 22.4 Å². The lowest BCUT2D eigenvalue weighted by molar-refractivity contribution is -0.119. The van der Waals surface area contributed by atoms with Crippen molar-refractivity contribution < 1.29 is 14.1 Å². The molecule has 1 fully saturated rings. The Labute approximate surface area is 137 Å². The molecule has 1 atom stereocenters. The summed E-state index contributed by atoms with van der Waals surface area (Å²) in [6.45, 7) is 8.21. The van der Waals surface area contributed by atoms with Crippen molar-refractivity contribution >= 4 is 13.0 Å². The maximum atomic E-state index is 12.1. The molecule has 0 aromatic rings. The summed E-state index contributed by atoms with van der Waals surface area (Å²) in [5.41, 5.74) is 1.13. The molecule has 0 saturated carbocycles. The van der Waals surface area contributed by atoms with Gasteiger partial charge >= 0.3 is 7.25 Å². The fourth-order valence-corrected chi connectivity index (χ4v) is 3.70. The topological polar surface area (TPSA) is 38.8 Å². The largest absolute Gasteiger partial charge is 0.598 e. The van der Waals surface area contributed by atoms with E-state index in [2.05, 4.69) is 50.9 Å². The van der Waals surface area contributed by atoms with Gasteiger partial charge in [0.25, 0.3) is 0 Å². The Bertz CT molecular complexity index is 685. The SMILES string of the molecule is CC1(C)OB(N2C=C3C=CC=CC34CC(=O)CC=C24)OC1(C)C. The van der Waals surface area contributed by atoms with Crippen LogP contribution in [0, 0.1) is 5.41 Å². The summed E-state index contributed by atoms with van der Waals surface area (Å²) in [7, 11) is -0.462. The normalized spacial score (nSPS) is 33.5. The van der Waals surface area contributed by atoms with E-state index in [0.29, 0.717) is 12.8 Å². The van der Waals surface area contributed by atoms with Gasteiger partial charge < -0.3 is 14.1 Å². The fraction of sp³-hybridized carbons (Fsp3) is 0.500. The molecule has 1 unspecified atom stereocenters. The zero-order chi connectivity index (χ0) is 16.5. The summed E-state index contributed by atoms with van der Waals surface area (Å²) in [4.78, 5) is 14.1. The van der Waals surface area contributed by atoms with Crippen LogP contribution >= 0.6 is 0 Å². The molecule has 120 valence electrons. The van der Waals surface area contributed by atoms with Crippen LogP contribution in [0.2, 0.25) is 0 Å². The van der Waals surface area contributed by atoms with E-state index < -0.39 is 7.25 Å². The average molecular weight is 311 g/mol. The van der Waals surface area contributed by atoms with Crippen molar-refractivity contribution in [2.75, 3.05) is 0 Å². The molecule has 2 aliphatic heterocycles. The first-order valence-electron chi connectivity index (χ1n) is 8.20. The van der Waals surface area contributed by atoms with Crippen LogP contribution in [-0.2, 0) is 14.1 Å². The Hall–Kier alpha value is -1.59. The lowest BCUT2D eigenvalue weighted by atomic mass is 9.69. The third-order valence-electron chi connectivity index (χ3n) is 5.76. The Morgan fingerprint density at radius 2 is 1.83 bits per heavy atom. The molecule has 4 aliphatic rings. The van der Waals surface area contributed by atoms with Gasteiger partial charge in [0.1, 0.15) is 5.78 Å². The van der Waals surface area contributed by atoms with E-state index in [1.54, 1.807) is 0 Å². The van der Waals surface area contributed by atoms with E-state index in [9.17, 15) is 4.79 Å². The average Bonchev–Trinajstić information content (AvgIpc) is 2.89. The standard InChI is InChI=1S/C18H22BNO3/c1-16(2)17(3,4)23-19(22-16)20-12-13-7-5-6-10-18(13)11-14(21)8-9-15(18)20/h5-7,9-10,12H,8,11H2,1-4H3. The number of carbonyl (C=O) groups excluding carboxylic acids is 1. The second-order valence-electron chi connectivity index (χ2n) is 7.75. The van der Waals surface area contributed by atoms with Crippen LogP contribution in [0.1, 0.15) is 40.5 Å². The van der Waals surface area contributed by atoms with Crippen molar-refractivity contribution in [1.82, 2.24) is 4.81 Å². The summed E-state index contributed by atoms with van der Waals surface area (Å²) < 4.78 is 12.4. The molecule has 4 nitrogen and oxygen atoms in total. The van der Waals surface area contributed by atoms with E-state index in [1.807, 2.05) is 18.2 Å². The number of allylic oxidation sites excluding steroid dienone is 5. The van der Waals surface area contributed by atoms with Crippen LogP contribution in [-0.4, -0.2) is 29.0 Å². The van der Waals surface area contributed by atoms with E-state index >= 15 is 0 Å². The third kappa shape index (κ3) is 1.96. The van der Waals surface area contributed by atoms with Crippen molar-refractivity contribution in [1.29, 1.82) is 0 Å². The maximum absolute atomic E-state index is 12.1. The highest BCUT2D eigenvalue weighted by Gasteiger charge is 2.58. The molecule has 0 bridgehead atoms. The summed E-state index contributed by atoms with van der Waals surface area (Å²) in [5, 5.41) is 0. The van der Waals surface area contributed by atoms with Crippen LogP contribution in [0.4, 0.5) is 0 Å². The van der Waals surface area contributed by atoms with Gasteiger partial charge in [-0.25, -0.2) is 0 Å². The first-order valence-corrected chi connectivity index (χ1v) is 8.20. The first kappa shape index (κ1) is 15.0. The van der Waals surface area contributed by atoms with Crippen molar-refractivity contribution in [3.8, 4) is 0 Å². The number of Topliss-reactive ketones (excluding diaryl/α,β-unsaturated/α-hetero) is 1. The molecular weight excluding hydrogens is 289 g/mol. The number of ketones is 1. The Morgan fingerprint density at radius 3 is 2.52 bits per heavy atom. The zero-order valence-corrected chi connectivity index (χ0v) is 14.1. The van der Waals surface area contributed by atoms with Gasteiger partial charge in [0.2, 0.25) is 0 Å². The highest BCUT2D eigenvalue weighted by atomic mass is 16.7. The summed E-state index contributed by atoms with van der Waals surface area (Å²) >= 11 is 0. The smallest absolute Gasteiger partial charge is 0.384 e. The molecule has 4 rings (SSSR count). The lowest BCUT2D eigenvalue weighted by Crippen LogP contribution is -2.41. The number of carbonyl (C=O) groups is 1. The molecular formula is C18H22BNO3. The molecule has 2 aliphatic carbocycles. The summed E-state index contributed by atoms with van der Waals surface area (Å²) in [6.07, 6.45) is 13.4. The van der Waals surface area contributed by atoms with Gasteiger partial charge in [-0.05, 0) is 39.5 Å². The molecule has 0 aromatic heterocycles. The van der Waals surface area contributed by atoms with Crippen LogP contribution in [0.5, 0.6) is 0 Å². The molecule has 0 N–H and O–H groups in total. The summed E-state index contributed by atoms with van der Waals surface area (Å²) in [5.74, 6) is 0.273. The van der Waals surface area contributed by atoms with Crippen LogP contribution < -0.4 is 0 Å². The van der Waals surface area contributed by atoms with Crippen molar-refractivity contribution in [3.05, 3.63) is 47.9 Å². The predicted molar refractivity (Wildman–Crippen MR) is 89.0 cm³/mol. The van der Waals surface area contributed by atoms with E-state index in [1.165, 1.54) is 0 Å². The van der Waals surface area contributed by atoms with Crippen LogP contribution in [0.25, 0.3) is 0 Å². The fourth-order valence-electron chi connectivity index (χ4n) is 3.70.